The number of aromatic nitrogens is 5. The van der Waals surface area contributed by atoms with Crippen LogP contribution in [0.1, 0.15) is 229 Å². The van der Waals surface area contributed by atoms with Gasteiger partial charge in [-0.1, -0.05) is 203 Å². The largest absolute Gasteiger partial charge is 0.456 e. The number of para-hydroxylation sites is 1. The fraction of sp³-hybridized carbons (Fsp3) is 0.484. The first-order chi connectivity index (χ1) is 52.4. The normalized spacial score (nSPS) is 15.8. The highest BCUT2D eigenvalue weighted by molar-refractivity contribution is 7.25. The first kappa shape index (κ1) is 103. The predicted molar refractivity (Wildman–Crippen MR) is 485 cm³/mol. The third-order valence-corrected chi connectivity index (χ3v) is 17.9. The van der Waals surface area contributed by atoms with Crippen molar-refractivity contribution in [2.24, 2.45) is 0 Å². The molecule has 0 bridgehead atoms. The Morgan fingerprint density at radius 3 is 1.10 bits per heavy atom. The van der Waals surface area contributed by atoms with Crippen molar-refractivity contribution < 1.29 is 4.42 Å². The molecule has 5 unspecified atom stereocenters. The highest BCUT2D eigenvalue weighted by atomic mass is 32.1. The zero-order valence-corrected chi connectivity index (χ0v) is 76.0. The van der Waals surface area contributed by atoms with Crippen molar-refractivity contribution >= 4 is 82.0 Å². The molecule has 16 nitrogen and oxygen atoms in total. The molecule has 9 aromatic rings. The molecule has 17 heteroatoms. The van der Waals surface area contributed by atoms with Gasteiger partial charge in [0.1, 0.15) is 60.5 Å². The summed E-state index contributed by atoms with van der Waals surface area (Å²) in [4.78, 5) is 42.8. The fourth-order valence-electron chi connectivity index (χ4n) is 10.8. The Morgan fingerprint density at radius 2 is 0.676 bits per heavy atom. The molecule has 0 radical (unpaired) electrons. The zero-order chi connectivity index (χ0) is 83.5. The summed E-state index contributed by atoms with van der Waals surface area (Å²) in [6.07, 6.45) is 31.3. The molecule has 0 saturated heterocycles. The summed E-state index contributed by atoms with van der Waals surface area (Å²) in [6.45, 7) is 69.3. The molecule has 10 heterocycles. The quantitative estimate of drug-likeness (QED) is 0.163. The van der Waals surface area contributed by atoms with Crippen molar-refractivity contribution in [3.63, 3.8) is 0 Å². The van der Waals surface area contributed by atoms with E-state index in [2.05, 4.69) is 274 Å². The summed E-state index contributed by atoms with van der Waals surface area (Å²) in [5.74, 6) is 0.980. The molecule has 5 atom stereocenters. The zero-order valence-electron chi connectivity index (χ0n) is 75.2. The second-order valence-electron chi connectivity index (χ2n) is 22.1. The van der Waals surface area contributed by atoms with Gasteiger partial charge in [0.05, 0.1) is 29.0 Å². The van der Waals surface area contributed by atoms with Crippen molar-refractivity contribution in [3.8, 4) is 0 Å². The molecule has 0 aliphatic carbocycles. The number of hydrogen-bond acceptors (Lipinski definition) is 17. The lowest BCUT2D eigenvalue weighted by Gasteiger charge is -2.28. The second kappa shape index (κ2) is 58.0. The molecule has 0 fully saturated rings. The Bertz CT molecular complexity index is 3630. The Kier molecular flexibility index (Phi) is 55.4. The molecule has 0 spiro atoms. The molecule has 5 aliphatic heterocycles. The number of furan rings is 1. The molecule has 5 aromatic heterocycles. The molecule has 0 N–H and O–H groups in total. The Hall–Kier alpha value is -9.09. The first-order valence-electron chi connectivity index (χ1n) is 40.6. The summed E-state index contributed by atoms with van der Waals surface area (Å²) >= 11 is 1.88. The number of rotatable bonds is 5. The van der Waals surface area contributed by atoms with Gasteiger partial charge < -0.3 is 53.4 Å². The van der Waals surface area contributed by atoms with Gasteiger partial charge in [-0.25, -0.2) is 19.9 Å². The van der Waals surface area contributed by atoms with Crippen LogP contribution in [-0.2, 0) is 0 Å². The van der Waals surface area contributed by atoms with Crippen LogP contribution in [0.4, 0.5) is 28.6 Å². The monoisotopic (exact) mass is 1500 g/mol. The van der Waals surface area contributed by atoms with Gasteiger partial charge in [0.25, 0.3) is 0 Å². The molecular formula is C91H151N15OS. The molecular weight excluding hydrogens is 1350 g/mol. The second-order valence-corrected chi connectivity index (χ2v) is 23.2. The van der Waals surface area contributed by atoms with Gasteiger partial charge in [-0.15, -0.1) is 11.3 Å². The SMILES string of the molecule is CC.CC.CC.CC.CC.CC.CC.CC.CC.CC.CC.CC.Cc1cc2oc3ccccc3c2cc1N1C=CN(C)C1C.Cc1cc2sc3ccccc3c2cc1N1C=CN(C)C1C.Cc1cncnc1N1C=CN(C)C1C.Cc1ncccc1N1C=CN(C)C1C.Cc1ncncc1N1C=CN(C)C1C. The van der Waals surface area contributed by atoms with Crippen molar-refractivity contribution in [1.82, 2.24) is 49.4 Å². The summed E-state index contributed by atoms with van der Waals surface area (Å²) in [5, 5.41) is 5.09. The number of aryl methyl sites for hydroxylation is 5. The van der Waals surface area contributed by atoms with Gasteiger partial charge in [-0.3, -0.25) is 4.98 Å². The third kappa shape index (κ3) is 27.9. The molecule has 0 saturated carbocycles. The maximum absolute atomic E-state index is 5.95. The predicted octanol–water partition coefficient (Wildman–Crippen LogP) is 26.4. The number of fused-ring (bicyclic) bond motifs is 6. The van der Waals surface area contributed by atoms with Crippen molar-refractivity contribution in [2.45, 2.75) is 266 Å². The summed E-state index contributed by atoms with van der Waals surface area (Å²) in [6, 6.07) is 30.0. The lowest BCUT2D eigenvalue weighted by atomic mass is 10.1. The van der Waals surface area contributed by atoms with Crippen LogP contribution < -0.4 is 24.5 Å². The van der Waals surface area contributed by atoms with E-state index in [1.807, 2.05) is 247 Å². The maximum Gasteiger partial charge on any atom is 0.140 e. The summed E-state index contributed by atoms with van der Waals surface area (Å²) < 4.78 is 8.70. The molecule has 602 valence electrons. The number of hydrogen-bond donors (Lipinski definition) is 0. The average molecular weight is 1500 g/mol. The minimum absolute atomic E-state index is 0.323. The fourth-order valence-corrected chi connectivity index (χ4v) is 12.0. The van der Waals surface area contributed by atoms with Crippen molar-refractivity contribution in [2.75, 3.05) is 59.7 Å². The first-order valence-corrected chi connectivity index (χ1v) is 41.4. The van der Waals surface area contributed by atoms with Crippen LogP contribution >= 0.6 is 11.3 Å². The average Bonchev–Trinajstić information content (AvgIpc) is 1.61. The third-order valence-electron chi connectivity index (χ3n) is 16.8. The van der Waals surface area contributed by atoms with E-state index < -0.39 is 0 Å². The molecule has 5 aliphatic rings. The van der Waals surface area contributed by atoms with Gasteiger partial charge >= 0.3 is 0 Å². The van der Waals surface area contributed by atoms with Crippen LogP contribution in [0.5, 0.6) is 0 Å². The van der Waals surface area contributed by atoms with E-state index in [1.165, 1.54) is 59.1 Å². The van der Waals surface area contributed by atoms with Gasteiger partial charge in [0.15, 0.2) is 0 Å². The number of benzene rings is 4. The number of pyridine rings is 1. The van der Waals surface area contributed by atoms with Gasteiger partial charge in [-0.05, 0) is 129 Å². The minimum Gasteiger partial charge on any atom is -0.456 e. The van der Waals surface area contributed by atoms with Crippen molar-refractivity contribution in [1.29, 1.82) is 0 Å². The highest BCUT2D eigenvalue weighted by Crippen LogP contribution is 2.40. The summed E-state index contributed by atoms with van der Waals surface area (Å²) in [7, 11) is 10.4. The molecule has 14 rings (SSSR count). The lowest BCUT2D eigenvalue weighted by molar-refractivity contribution is 0.381. The lowest BCUT2D eigenvalue weighted by Crippen LogP contribution is -2.34. The Morgan fingerprint density at radius 1 is 0.306 bits per heavy atom. The van der Waals surface area contributed by atoms with E-state index >= 15 is 0 Å². The maximum atomic E-state index is 5.95. The summed E-state index contributed by atoms with van der Waals surface area (Å²) in [5.41, 5.74) is 12.4. The number of nitrogens with zero attached hydrogens (tertiary/aromatic N) is 15. The Balaban J connectivity index is -0.00000120. The van der Waals surface area contributed by atoms with E-state index in [0.717, 1.165) is 39.6 Å². The van der Waals surface area contributed by atoms with E-state index in [0.29, 0.717) is 30.8 Å². The van der Waals surface area contributed by atoms with E-state index in [1.54, 1.807) is 12.7 Å². The smallest absolute Gasteiger partial charge is 0.140 e. The van der Waals surface area contributed by atoms with E-state index in [9.17, 15) is 0 Å². The van der Waals surface area contributed by atoms with Crippen LogP contribution in [0, 0.1) is 34.6 Å². The topological polar surface area (TPSA) is 110 Å². The Labute approximate surface area is 664 Å². The van der Waals surface area contributed by atoms with Gasteiger partial charge in [0.2, 0.25) is 0 Å². The molecule has 108 heavy (non-hydrogen) atoms. The van der Waals surface area contributed by atoms with Crippen molar-refractivity contribution in [3.05, 3.63) is 206 Å². The van der Waals surface area contributed by atoms with Crippen LogP contribution in [0.2, 0.25) is 0 Å². The van der Waals surface area contributed by atoms with E-state index in [-0.39, 0.29) is 0 Å². The molecule has 4 aromatic carbocycles. The van der Waals surface area contributed by atoms with Crippen LogP contribution in [-0.4, -0.2) is 115 Å². The highest BCUT2D eigenvalue weighted by Gasteiger charge is 2.27. The van der Waals surface area contributed by atoms with Crippen LogP contribution in [0.3, 0.4) is 0 Å². The number of anilines is 5. The van der Waals surface area contributed by atoms with E-state index in [4.69, 9.17) is 4.42 Å². The van der Waals surface area contributed by atoms with Gasteiger partial charge in [-0.2, -0.15) is 0 Å². The molecule has 0 amide bonds. The van der Waals surface area contributed by atoms with Crippen LogP contribution in [0.25, 0.3) is 42.1 Å². The minimum atomic E-state index is 0.323. The standard InChI is InChI=1S/C18H18N2O.C18H18N2S.C11H15N3.2C10H14N4.12C2H6/c2*1-12-10-18-15(14-6-4-5-7-17(14)21-18)11-16(12)20-9-8-19(3)13(20)2;1-9-11(5-4-6-12-9)14-8-7-13(3)10(14)2;1-8-10(6-11-7-12-8)14-5-4-13(3)9(14)2;1-8-6-11-7-12-10(8)14-5-4-13(3)9(14)2;12*1-2/h2*4-11,13H,1-3H3;4-8,10H,1-3H3;2*4-7,9H,1-3H3;12*1-2H3. The number of thiophene rings is 1. The van der Waals surface area contributed by atoms with Gasteiger partial charge in [0, 0.05) is 158 Å². The van der Waals surface area contributed by atoms with Crippen LogP contribution in [0.15, 0.2) is 183 Å².